The van der Waals surface area contributed by atoms with Crippen molar-refractivity contribution in [1.29, 1.82) is 0 Å². The first-order valence-corrected chi connectivity index (χ1v) is 8.41. The topological polar surface area (TPSA) is 38.2 Å². The molecule has 1 aliphatic rings. The number of benzene rings is 1. The van der Waals surface area contributed by atoms with E-state index in [2.05, 4.69) is 14.5 Å². The van der Waals surface area contributed by atoms with Gasteiger partial charge in [-0.15, -0.1) is 5.10 Å². The number of aromatic nitrogens is 2. The molecule has 7 heteroatoms. The van der Waals surface area contributed by atoms with E-state index >= 15 is 0 Å². The van der Waals surface area contributed by atoms with Crippen molar-refractivity contribution in [2.45, 2.75) is 32.0 Å². The molecular weight excluding hydrogens is 325 g/mol. The second-order valence-electron chi connectivity index (χ2n) is 5.43. The van der Waals surface area contributed by atoms with Crippen LogP contribution in [0.1, 0.15) is 24.1 Å². The lowest BCUT2D eigenvalue weighted by Gasteiger charge is -2.24. The van der Waals surface area contributed by atoms with Gasteiger partial charge in [0.1, 0.15) is 15.8 Å². The summed E-state index contributed by atoms with van der Waals surface area (Å²) in [5, 5.41) is 4.07. The minimum absolute atomic E-state index is 0.220. The second-order valence-corrected chi connectivity index (χ2v) is 6.78. The SMILES string of the molecule is Fc1cccc(CN(Cc2nnsc2Cl)CC2CCCO2)c1. The highest BCUT2D eigenvalue weighted by Crippen LogP contribution is 2.22. The van der Waals surface area contributed by atoms with Crippen LogP contribution >= 0.6 is 23.1 Å². The Labute approximate surface area is 138 Å². The number of halogens is 2. The molecule has 2 heterocycles. The van der Waals surface area contributed by atoms with Crippen molar-refractivity contribution in [3.63, 3.8) is 0 Å². The van der Waals surface area contributed by atoms with Crippen molar-refractivity contribution < 1.29 is 9.13 Å². The number of rotatable bonds is 6. The first-order valence-electron chi connectivity index (χ1n) is 7.26. The van der Waals surface area contributed by atoms with Gasteiger partial charge in [0.05, 0.1) is 6.10 Å². The van der Waals surface area contributed by atoms with Gasteiger partial charge in [-0.05, 0) is 30.5 Å². The molecule has 1 aromatic heterocycles. The minimum atomic E-state index is -0.220. The quantitative estimate of drug-likeness (QED) is 0.806. The van der Waals surface area contributed by atoms with Crippen LogP contribution in [0.4, 0.5) is 4.39 Å². The van der Waals surface area contributed by atoms with Gasteiger partial charge in [-0.3, -0.25) is 4.90 Å². The van der Waals surface area contributed by atoms with Crippen molar-refractivity contribution in [3.05, 3.63) is 45.7 Å². The highest BCUT2D eigenvalue weighted by molar-refractivity contribution is 7.10. The van der Waals surface area contributed by atoms with Gasteiger partial charge in [-0.1, -0.05) is 28.2 Å². The van der Waals surface area contributed by atoms with Gasteiger partial charge in [0, 0.05) is 37.8 Å². The summed E-state index contributed by atoms with van der Waals surface area (Å²) in [4.78, 5) is 2.19. The van der Waals surface area contributed by atoms with Gasteiger partial charge in [0.25, 0.3) is 0 Å². The molecule has 1 unspecified atom stereocenters. The average molecular weight is 342 g/mol. The summed E-state index contributed by atoms with van der Waals surface area (Å²) in [5.41, 5.74) is 1.69. The lowest BCUT2D eigenvalue weighted by Crippen LogP contribution is -2.31. The van der Waals surface area contributed by atoms with Crippen LogP contribution in [-0.2, 0) is 17.8 Å². The van der Waals surface area contributed by atoms with Crippen LogP contribution in [0.2, 0.25) is 4.34 Å². The fourth-order valence-corrected chi connectivity index (χ4v) is 3.27. The maximum Gasteiger partial charge on any atom is 0.138 e. The Morgan fingerprint density at radius 2 is 2.32 bits per heavy atom. The van der Waals surface area contributed by atoms with Crippen molar-refractivity contribution in [2.75, 3.05) is 13.2 Å². The molecule has 4 nitrogen and oxygen atoms in total. The molecule has 3 rings (SSSR count). The van der Waals surface area contributed by atoms with Crippen LogP contribution in [0, 0.1) is 5.82 Å². The molecule has 118 valence electrons. The smallest absolute Gasteiger partial charge is 0.138 e. The van der Waals surface area contributed by atoms with E-state index in [1.54, 1.807) is 12.1 Å². The predicted molar refractivity (Wildman–Crippen MR) is 84.4 cm³/mol. The van der Waals surface area contributed by atoms with Gasteiger partial charge in [-0.25, -0.2) is 4.39 Å². The first kappa shape index (κ1) is 15.8. The molecule has 1 fully saturated rings. The molecule has 0 N–H and O–H groups in total. The van der Waals surface area contributed by atoms with E-state index in [4.69, 9.17) is 16.3 Å². The Balaban J connectivity index is 1.71. The van der Waals surface area contributed by atoms with Crippen molar-refractivity contribution in [2.24, 2.45) is 0 Å². The van der Waals surface area contributed by atoms with Gasteiger partial charge in [-0.2, -0.15) is 0 Å². The third-order valence-electron chi connectivity index (χ3n) is 3.66. The average Bonchev–Trinajstić information content (AvgIpc) is 3.12. The van der Waals surface area contributed by atoms with E-state index in [9.17, 15) is 4.39 Å². The fraction of sp³-hybridized carbons (Fsp3) is 0.467. The van der Waals surface area contributed by atoms with Crippen LogP contribution in [-0.4, -0.2) is 33.7 Å². The van der Waals surface area contributed by atoms with Crippen LogP contribution in [0.3, 0.4) is 0 Å². The molecule has 0 aliphatic carbocycles. The standard InChI is InChI=1S/C15H17ClFN3OS/c16-15-14(18-19-22-15)10-20(9-13-5-2-6-21-13)8-11-3-1-4-12(17)7-11/h1,3-4,7,13H,2,5-6,8-10H2. The summed E-state index contributed by atoms with van der Waals surface area (Å²) >= 11 is 7.29. The zero-order chi connectivity index (χ0) is 15.4. The minimum Gasteiger partial charge on any atom is -0.377 e. The molecule has 1 aromatic carbocycles. The molecule has 0 saturated carbocycles. The maximum atomic E-state index is 13.4. The zero-order valence-corrected chi connectivity index (χ0v) is 13.6. The van der Waals surface area contributed by atoms with E-state index in [1.807, 2.05) is 6.07 Å². The maximum absolute atomic E-state index is 13.4. The van der Waals surface area contributed by atoms with E-state index in [-0.39, 0.29) is 11.9 Å². The second kappa shape index (κ2) is 7.46. The van der Waals surface area contributed by atoms with E-state index in [0.717, 1.165) is 37.3 Å². The van der Waals surface area contributed by atoms with Gasteiger partial charge in [0.15, 0.2) is 0 Å². The van der Waals surface area contributed by atoms with Crippen LogP contribution in [0.15, 0.2) is 24.3 Å². The summed E-state index contributed by atoms with van der Waals surface area (Å²) in [5.74, 6) is -0.220. The highest BCUT2D eigenvalue weighted by atomic mass is 35.5. The van der Waals surface area contributed by atoms with Crippen molar-refractivity contribution in [3.8, 4) is 0 Å². The molecule has 0 radical (unpaired) electrons. The van der Waals surface area contributed by atoms with E-state index < -0.39 is 0 Å². The predicted octanol–water partition coefficient (Wildman–Crippen LogP) is 3.51. The molecule has 0 spiro atoms. The third kappa shape index (κ3) is 4.23. The number of nitrogens with zero attached hydrogens (tertiary/aromatic N) is 3. The van der Waals surface area contributed by atoms with Gasteiger partial charge in [0.2, 0.25) is 0 Å². The molecule has 22 heavy (non-hydrogen) atoms. The summed E-state index contributed by atoms with van der Waals surface area (Å²) < 4.78 is 23.6. The first-order chi connectivity index (χ1) is 10.7. The Morgan fingerprint density at radius 3 is 3.00 bits per heavy atom. The zero-order valence-electron chi connectivity index (χ0n) is 12.0. The van der Waals surface area contributed by atoms with Crippen LogP contribution in [0.25, 0.3) is 0 Å². The van der Waals surface area contributed by atoms with Crippen molar-refractivity contribution in [1.82, 2.24) is 14.5 Å². The molecule has 2 aromatic rings. The molecule has 1 aliphatic heterocycles. The summed E-state index contributed by atoms with van der Waals surface area (Å²) in [6.45, 7) is 2.82. The Morgan fingerprint density at radius 1 is 1.41 bits per heavy atom. The fourth-order valence-electron chi connectivity index (χ4n) is 2.66. The molecular formula is C15H17ClFN3OS. The Hall–Kier alpha value is -1.08. The summed E-state index contributed by atoms with van der Waals surface area (Å²) in [7, 11) is 0. The number of hydrogen-bond donors (Lipinski definition) is 0. The molecule has 1 atom stereocenters. The molecule has 0 bridgehead atoms. The van der Waals surface area contributed by atoms with Crippen LogP contribution < -0.4 is 0 Å². The summed E-state index contributed by atoms with van der Waals surface area (Å²) in [6, 6.07) is 6.66. The van der Waals surface area contributed by atoms with Gasteiger partial charge >= 0.3 is 0 Å². The van der Waals surface area contributed by atoms with Crippen molar-refractivity contribution >= 4 is 23.1 Å². The number of hydrogen-bond acceptors (Lipinski definition) is 5. The molecule has 1 saturated heterocycles. The number of ether oxygens (including phenoxy) is 1. The lowest BCUT2D eigenvalue weighted by atomic mass is 10.1. The molecule has 0 amide bonds. The largest absolute Gasteiger partial charge is 0.377 e. The summed E-state index contributed by atoms with van der Waals surface area (Å²) in [6.07, 6.45) is 2.37. The Bertz CT molecular complexity index is 618. The van der Waals surface area contributed by atoms with Crippen LogP contribution in [0.5, 0.6) is 0 Å². The monoisotopic (exact) mass is 341 g/mol. The van der Waals surface area contributed by atoms with Gasteiger partial charge < -0.3 is 4.74 Å². The van der Waals surface area contributed by atoms with E-state index in [0.29, 0.717) is 17.4 Å². The van der Waals surface area contributed by atoms with E-state index in [1.165, 1.54) is 17.6 Å². The normalized spacial score (nSPS) is 18.2. The Kier molecular flexibility index (Phi) is 5.36. The third-order valence-corrected chi connectivity index (χ3v) is 4.65. The lowest BCUT2D eigenvalue weighted by molar-refractivity contribution is 0.0674. The highest BCUT2D eigenvalue weighted by Gasteiger charge is 2.21.